The van der Waals surface area contributed by atoms with Gasteiger partial charge in [-0.1, -0.05) is 22.9 Å². The van der Waals surface area contributed by atoms with Crippen LogP contribution in [0.3, 0.4) is 0 Å². The van der Waals surface area contributed by atoms with E-state index in [2.05, 4.69) is 20.0 Å². The predicted octanol–water partition coefficient (Wildman–Crippen LogP) is 1.37. The van der Waals surface area contributed by atoms with E-state index in [1.807, 2.05) is 0 Å². The molecule has 2 aromatic heterocycles. The molecule has 0 spiro atoms. The molecule has 0 aliphatic carbocycles. The number of fused-ring (bicyclic) bond motifs is 1. The molecule has 0 fully saturated rings. The fourth-order valence-electron chi connectivity index (χ4n) is 1.89. The first-order chi connectivity index (χ1) is 11.0. The molecule has 0 aliphatic heterocycles. The first-order valence-electron chi connectivity index (χ1n) is 6.48. The number of aromatic nitrogens is 4. The fourth-order valence-corrected chi connectivity index (χ4v) is 4.09. The Hall–Kier alpha value is -1.75. The summed E-state index contributed by atoms with van der Waals surface area (Å²) in [6.45, 7) is 0.218. The zero-order valence-corrected chi connectivity index (χ0v) is 14.3. The minimum Gasteiger partial charge on any atom is -0.495 e. The van der Waals surface area contributed by atoms with Gasteiger partial charge < -0.3 is 4.74 Å². The second-order valence-corrected chi connectivity index (χ2v) is 7.71. The number of hydrogen-bond acceptors (Lipinski definition) is 7. The third-order valence-corrected chi connectivity index (χ3v) is 5.72. The smallest absolute Gasteiger partial charge is 0.240 e. The van der Waals surface area contributed by atoms with Crippen LogP contribution < -0.4 is 9.46 Å². The molecule has 0 amide bonds. The lowest BCUT2D eigenvalue weighted by Crippen LogP contribution is -2.26. The van der Waals surface area contributed by atoms with Crippen LogP contribution in [0.15, 0.2) is 29.4 Å². The number of hydrogen-bond donors (Lipinski definition) is 1. The molecule has 8 nitrogen and oxygen atoms in total. The van der Waals surface area contributed by atoms with E-state index < -0.39 is 10.0 Å². The van der Waals surface area contributed by atoms with Crippen molar-refractivity contribution in [1.82, 2.24) is 24.5 Å². The summed E-state index contributed by atoms with van der Waals surface area (Å²) in [6.07, 6.45) is 1.95. The number of benzene rings is 1. The van der Waals surface area contributed by atoms with Crippen LogP contribution in [-0.4, -0.2) is 41.9 Å². The lowest BCUT2D eigenvalue weighted by molar-refractivity contribution is 0.414. The van der Waals surface area contributed by atoms with Crippen molar-refractivity contribution in [1.29, 1.82) is 0 Å². The molecule has 0 bridgehead atoms. The van der Waals surface area contributed by atoms with E-state index >= 15 is 0 Å². The average Bonchev–Trinajstić information content (AvgIpc) is 3.08. The summed E-state index contributed by atoms with van der Waals surface area (Å²) in [5.41, 5.74) is 0. The second kappa shape index (κ2) is 6.40. The van der Waals surface area contributed by atoms with E-state index in [9.17, 15) is 8.42 Å². The molecule has 0 atom stereocenters. The van der Waals surface area contributed by atoms with Crippen LogP contribution in [0.5, 0.6) is 5.75 Å². The van der Waals surface area contributed by atoms with E-state index in [0.717, 1.165) is 5.01 Å². The van der Waals surface area contributed by atoms with Gasteiger partial charge >= 0.3 is 0 Å². The first kappa shape index (κ1) is 16.1. The Balaban J connectivity index is 1.66. The summed E-state index contributed by atoms with van der Waals surface area (Å²) in [7, 11) is -2.18. The van der Waals surface area contributed by atoms with Gasteiger partial charge in [0, 0.05) is 13.0 Å². The number of nitrogens with one attached hydrogen (secondary N) is 1. The first-order valence-corrected chi connectivity index (χ1v) is 9.16. The highest BCUT2D eigenvalue weighted by molar-refractivity contribution is 7.89. The number of nitrogens with zero attached hydrogens (tertiary/aromatic N) is 4. The van der Waals surface area contributed by atoms with Gasteiger partial charge in [0.05, 0.1) is 17.0 Å². The predicted molar refractivity (Wildman–Crippen MR) is 85.6 cm³/mol. The molecule has 0 radical (unpaired) electrons. The van der Waals surface area contributed by atoms with E-state index in [1.54, 1.807) is 4.52 Å². The van der Waals surface area contributed by atoms with Crippen molar-refractivity contribution in [2.45, 2.75) is 11.3 Å². The van der Waals surface area contributed by atoms with Gasteiger partial charge in [-0.15, -0.1) is 10.2 Å². The lowest BCUT2D eigenvalue weighted by Gasteiger charge is -2.08. The molecule has 0 aliphatic rings. The molecule has 1 N–H and O–H groups in total. The van der Waals surface area contributed by atoms with Crippen LogP contribution in [0.25, 0.3) is 4.96 Å². The Bertz CT molecular complexity index is 909. The van der Waals surface area contributed by atoms with Crippen molar-refractivity contribution in [3.8, 4) is 5.75 Å². The Kier molecular flexibility index (Phi) is 4.48. The molecular formula is C12H12ClN5O3S2. The van der Waals surface area contributed by atoms with E-state index in [4.69, 9.17) is 16.3 Å². The van der Waals surface area contributed by atoms with Gasteiger partial charge in [-0.25, -0.2) is 13.1 Å². The standard InChI is InChI=1S/C12H12ClN5O3S2/c1-21-10-3-2-8(6-9(10)13)23(19,20)15-5-4-11-17-18-7-14-16-12(18)22-11/h2-3,6-7,15H,4-5H2,1H3. The van der Waals surface area contributed by atoms with Crippen LogP contribution in [0.2, 0.25) is 5.02 Å². The number of halogens is 1. The summed E-state index contributed by atoms with van der Waals surface area (Å²) >= 11 is 7.32. The monoisotopic (exact) mass is 373 g/mol. The normalized spacial score (nSPS) is 11.9. The van der Waals surface area contributed by atoms with Crippen molar-refractivity contribution in [2.75, 3.05) is 13.7 Å². The van der Waals surface area contributed by atoms with Crippen molar-refractivity contribution in [3.63, 3.8) is 0 Å². The number of rotatable bonds is 6. The van der Waals surface area contributed by atoms with Crippen LogP contribution in [-0.2, 0) is 16.4 Å². The Morgan fingerprint density at radius 3 is 2.96 bits per heavy atom. The highest BCUT2D eigenvalue weighted by atomic mass is 35.5. The Morgan fingerprint density at radius 1 is 1.43 bits per heavy atom. The van der Waals surface area contributed by atoms with Crippen LogP contribution in [0.4, 0.5) is 0 Å². The molecule has 0 unspecified atom stereocenters. The molecule has 0 saturated carbocycles. The van der Waals surface area contributed by atoms with E-state index in [1.165, 1.54) is 43.0 Å². The average molecular weight is 374 g/mol. The van der Waals surface area contributed by atoms with Crippen LogP contribution in [0.1, 0.15) is 5.01 Å². The summed E-state index contributed by atoms with van der Waals surface area (Å²) < 4.78 is 33.6. The van der Waals surface area contributed by atoms with Crippen LogP contribution in [0, 0.1) is 0 Å². The van der Waals surface area contributed by atoms with Crippen molar-refractivity contribution in [3.05, 3.63) is 34.6 Å². The molecule has 1 aromatic carbocycles. The van der Waals surface area contributed by atoms with Gasteiger partial charge in [-0.2, -0.15) is 9.61 Å². The molecule has 0 saturated heterocycles. The largest absolute Gasteiger partial charge is 0.495 e. The van der Waals surface area contributed by atoms with Gasteiger partial charge in [-0.3, -0.25) is 0 Å². The van der Waals surface area contributed by atoms with Gasteiger partial charge in [0.15, 0.2) is 0 Å². The summed E-state index contributed by atoms with van der Waals surface area (Å²) in [4.78, 5) is 0.756. The molecule has 3 rings (SSSR count). The Morgan fingerprint density at radius 2 is 2.26 bits per heavy atom. The zero-order valence-electron chi connectivity index (χ0n) is 11.9. The molecule has 11 heteroatoms. The minimum atomic E-state index is -3.64. The van der Waals surface area contributed by atoms with Crippen LogP contribution >= 0.6 is 22.9 Å². The molecule has 2 heterocycles. The maximum absolute atomic E-state index is 12.2. The SMILES string of the molecule is COc1ccc(S(=O)(=O)NCCc2nn3cnnc3s2)cc1Cl. The van der Waals surface area contributed by atoms with E-state index in [0.29, 0.717) is 17.1 Å². The molecule has 3 aromatic rings. The molecule has 122 valence electrons. The second-order valence-electron chi connectivity index (χ2n) is 4.50. The van der Waals surface area contributed by atoms with Gasteiger partial charge in [0.1, 0.15) is 17.1 Å². The van der Waals surface area contributed by atoms with Crippen molar-refractivity contribution < 1.29 is 13.2 Å². The highest BCUT2D eigenvalue weighted by Crippen LogP contribution is 2.26. The maximum Gasteiger partial charge on any atom is 0.240 e. The van der Waals surface area contributed by atoms with Crippen molar-refractivity contribution in [2.24, 2.45) is 0 Å². The third kappa shape index (κ3) is 3.44. The molecular weight excluding hydrogens is 362 g/mol. The van der Waals surface area contributed by atoms with Crippen molar-refractivity contribution >= 4 is 37.9 Å². The quantitative estimate of drug-likeness (QED) is 0.700. The lowest BCUT2D eigenvalue weighted by atomic mass is 10.3. The topological polar surface area (TPSA) is 98.5 Å². The minimum absolute atomic E-state index is 0.0847. The molecule has 23 heavy (non-hydrogen) atoms. The number of sulfonamides is 1. The summed E-state index contributed by atoms with van der Waals surface area (Å²) in [5.74, 6) is 0.422. The third-order valence-electron chi connectivity index (χ3n) is 2.99. The number of ether oxygens (including phenoxy) is 1. The van der Waals surface area contributed by atoms with Gasteiger partial charge in [-0.05, 0) is 18.2 Å². The number of methoxy groups -OCH3 is 1. The summed E-state index contributed by atoms with van der Waals surface area (Å²) in [6, 6.07) is 4.31. The maximum atomic E-state index is 12.2. The Labute approximate surface area is 141 Å². The highest BCUT2D eigenvalue weighted by Gasteiger charge is 2.16. The fraction of sp³-hybridized carbons (Fsp3) is 0.250. The van der Waals surface area contributed by atoms with Gasteiger partial charge in [0.25, 0.3) is 0 Å². The zero-order chi connectivity index (χ0) is 16.4. The van der Waals surface area contributed by atoms with Gasteiger partial charge in [0.2, 0.25) is 15.0 Å². The van der Waals surface area contributed by atoms with E-state index in [-0.39, 0.29) is 16.5 Å². The summed E-state index contributed by atoms with van der Waals surface area (Å²) in [5, 5.41) is 12.8.